The molecule has 1 aromatic carbocycles. The zero-order valence-corrected chi connectivity index (χ0v) is 13.8. The van der Waals surface area contributed by atoms with Crippen LogP contribution in [0.25, 0.3) is 22.2 Å². The van der Waals surface area contributed by atoms with Crippen molar-refractivity contribution in [2.75, 3.05) is 5.32 Å². The van der Waals surface area contributed by atoms with E-state index in [1.54, 1.807) is 31.6 Å². The molecule has 0 saturated heterocycles. The van der Waals surface area contributed by atoms with Crippen LogP contribution in [0, 0.1) is 18.3 Å². The van der Waals surface area contributed by atoms with Crippen molar-refractivity contribution < 1.29 is 9.21 Å². The number of fused-ring (bicyclic) bond motifs is 1. The van der Waals surface area contributed by atoms with Crippen molar-refractivity contribution in [3.63, 3.8) is 0 Å². The molecular weight excluding hydrogens is 330 g/mol. The lowest BCUT2D eigenvalue weighted by atomic mass is 10.1. The summed E-state index contributed by atoms with van der Waals surface area (Å²) >= 11 is 0. The van der Waals surface area contributed by atoms with Gasteiger partial charge in [0.1, 0.15) is 17.5 Å². The molecule has 0 spiro atoms. The van der Waals surface area contributed by atoms with E-state index in [4.69, 9.17) is 9.68 Å². The van der Waals surface area contributed by atoms with E-state index in [2.05, 4.69) is 20.5 Å². The summed E-state index contributed by atoms with van der Waals surface area (Å²) in [5.41, 5.74) is 4.49. The number of aryl methyl sites for hydroxylation is 1. The molecule has 0 radical (unpaired) electrons. The Kier molecular flexibility index (Phi) is 3.71. The summed E-state index contributed by atoms with van der Waals surface area (Å²) in [6.45, 7) is 1.77. The maximum absolute atomic E-state index is 12.6. The van der Waals surface area contributed by atoms with Crippen molar-refractivity contribution in [3.8, 4) is 17.3 Å². The first-order valence-corrected chi connectivity index (χ1v) is 7.84. The Morgan fingerprint density at radius 1 is 1.31 bits per heavy atom. The molecule has 7 heteroatoms. The second kappa shape index (κ2) is 6.18. The summed E-state index contributed by atoms with van der Waals surface area (Å²) in [6, 6.07) is 10.9. The van der Waals surface area contributed by atoms with Crippen LogP contribution in [0.5, 0.6) is 0 Å². The van der Waals surface area contributed by atoms with Gasteiger partial charge in [-0.05, 0) is 42.8 Å². The number of nitrogens with zero attached hydrogens (tertiary/aromatic N) is 3. The number of anilines is 1. The fourth-order valence-electron chi connectivity index (χ4n) is 2.76. The molecule has 3 heterocycles. The van der Waals surface area contributed by atoms with Crippen molar-refractivity contribution in [1.29, 1.82) is 5.26 Å². The van der Waals surface area contributed by atoms with Gasteiger partial charge in [0.2, 0.25) is 0 Å². The van der Waals surface area contributed by atoms with Gasteiger partial charge in [-0.1, -0.05) is 0 Å². The smallest absolute Gasteiger partial charge is 0.257 e. The van der Waals surface area contributed by atoms with Crippen LogP contribution >= 0.6 is 0 Å². The predicted molar refractivity (Wildman–Crippen MR) is 95.4 cm³/mol. The van der Waals surface area contributed by atoms with Crippen LogP contribution in [0.1, 0.15) is 21.6 Å². The van der Waals surface area contributed by atoms with E-state index in [9.17, 15) is 4.79 Å². The second-order valence-electron chi connectivity index (χ2n) is 5.79. The molecule has 0 bridgehead atoms. The van der Waals surface area contributed by atoms with Crippen LogP contribution in [0.2, 0.25) is 0 Å². The maximum atomic E-state index is 12.6. The fraction of sp³-hybridized carbons (Fsp3) is 0.0526. The average Bonchev–Trinajstić information content (AvgIpc) is 3.30. The molecule has 0 aliphatic heterocycles. The number of rotatable bonds is 3. The molecule has 126 valence electrons. The van der Waals surface area contributed by atoms with Gasteiger partial charge < -0.3 is 9.73 Å². The molecule has 0 aliphatic rings. The molecule has 1 amide bonds. The van der Waals surface area contributed by atoms with Crippen molar-refractivity contribution >= 4 is 22.5 Å². The Balaban J connectivity index is 1.66. The van der Waals surface area contributed by atoms with Gasteiger partial charge in [0.15, 0.2) is 0 Å². The van der Waals surface area contributed by atoms with Crippen LogP contribution in [-0.4, -0.2) is 21.1 Å². The van der Waals surface area contributed by atoms with Gasteiger partial charge in [0.25, 0.3) is 5.91 Å². The van der Waals surface area contributed by atoms with E-state index in [0.717, 1.165) is 22.2 Å². The summed E-state index contributed by atoms with van der Waals surface area (Å²) in [5, 5.41) is 19.9. The summed E-state index contributed by atoms with van der Waals surface area (Å²) < 4.78 is 5.12. The van der Waals surface area contributed by atoms with E-state index >= 15 is 0 Å². The van der Waals surface area contributed by atoms with E-state index < -0.39 is 0 Å². The zero-order valence-electron chi connectivity index (χ0n) is 13.8. The number of hydrogen-bond donors (Lipinski definition) is 2. The molecular formula is C19H13N5O2. The summed E-state index contributed by atoms with van der Waals surface area (Å²) in [6.07, 6.45) is 4.62. The van der Waals surface area contributed by atoms with Gasteiger partial charge in [0.05, 0.1) is 23.6 Å². The highest BCUT2D eigenvalue weighted by molar-refractivity contribution is 6.06. The molecule has 0 unspecified atom stereocenters. The number of benzene rings is 1. The number of carbonyl (C=O) groups is 1. The number of aromatic nitrogens is 3. The Labute approximate surface area is 148 Å². The Morgan fingerprint density at radius 2 is 2.19 bits per heavy atom. The van der Waals surface area contributed by atoms with Gasteiger partial charge >= 0.3 is 0 Å². The van der Waals surface area contributed by atoms with E-state index in [0.29, 0.717) is 16.8 Å². The largest absolute Gasteiger partial charge is 0.472 e. The third-order valence-corrected chi connectivity index (χ3v) is 4.09. The standard InChI is InChI=1S/C19H13N5O2/c1-11-6-14(8-20)21-9-16(11)19(25)22-13-2-3-17-15(7-13)18(24-23-17)12-4-5-26-10-12/h2-7,9-10H,1H3,(H,22,25)(H,23,24). The number of pyridine rings is 1. The number of carbonyl (C=O) groups excluding carboxylic acids is 1. The molecule has 7 nitrogen and oxygen atoms in total. The zero-order chi connectivity index (χ0) is 18.1. The topological polar surface area (TPSA) is 108 Å². The molecule has 4 rings (SSSR count). The SMILES string of the molecule is Cc1cc(C#N)ncc1C(=O)Nc1ccc2[nH]nc(-c3ccoc3)c2c1. The Bertz CT molecular complexity index is 1150. The fourth-order valence-corrected chi connectivity index (χ4v) is 2.76. The van der Waals surface area contributed by atoms with Crippen LogP contribution in [0.4, 0.5) is 5.69 Å². The summed E-state index contributed by atoms with van der Waals surface area (Å²) in [7, 11) is 0. The number of hydrogen-bond acceptors (Lipinski definition) is 5. The van der Waals surface area contributed by atoms with Gasteiger partial charge in [-0.25, -0.2) is 4.98 Å². The number of aromatic amines is 1. The summed E-state index contributed by atoms with van der Waals surface area (Å²) in [4.78, 5) is 16.5. The lowest BCUT2D eigenvalue weighted by Gasteiger charge is -2.08. The molecule has 0 aliphatic carbocycles. The maximum Gasteiger partial charge on any atom is 0.257 e. The third-order valence-electron chi connectivity index (χ3n) is 4.09. The first-order valence-electron chi connectivity index (χ1n) is 7.84. The van der Waals surface area contributed by atoms with Crippen molar-refractivity contribution in [2.24, 2.45) is 0 Å². The summed E-state index contributed by atoms with van der Waals surface area (Å²) in [5.74, 6) is -0.285. The van der Waals surface area contributed by atoms with Crippen molar-refractivity contribution in [3.05, 3.63) is 65.9 Å². The van der Waals surface area contributed by atoms with Crippen molar-refractivity contribution in [1.82, 2.24) is 15.2 Å². The second-order valence-corrected chi connectivity index (χ2v) is 5.79. The van der Waals surface area contributed by atoms with E-state index in [1.807, 2.05) is 24.3 Å². The lowest BCUT2D eigenvalue weighted by molar-refractivity contribution is 0.102. The van der Waals surface area contributed by atoms with Crippen molar-refractivity contribution in [2.45, 2.75) is 6.92 Å². The van der Waals surface area contributed by atoms with Gasteiger partial charge in [-0.3, -0.25) is 9.89 Å². The normalized spacial score (nSPS) is 10.6. The van der Waals surface area contributed by atoms with E-state index in [-0.39, 0.29) is 11.6 Å². The number of nitriles is 1. The number of amides is 1. The van der Waals surface area contributed by atoms with Gasteiger partial charge in [0, 0.05) is 22.8 Å². The highest BCUT2D eigenvalue weighted by Gasteiger charge is 2.13. The monoisotopic (exact) mass is 343 g/mol. The minimum Gasteiger partial charge on any atom is -0.472 e. The molecule has 4 aromatic rings. The Hall–Kier alpha value is -3.92. The quantitative estimate of drug-likeness (QED) is 0.590. The number of nitrogens with one attached hydrogen (secondary N) is 2. The predicted octanol–water partition coefficient (Wildman–Crippen LogP) is 3.65. The van der Waals surface area contributed by atoms with Crippen LogP contribution in [0.3, 0.4) is 0 Å². The first kappa shape index (κ1) is 15.6. The first-order chi connectivity index (χ1) is 12.7. The minimum absolute atomic E-state index is 0.281. The number of furan rings is 1. The molecule has 0 fully saturated rings. The third kappa shape index (κ3) is 2.70. The van der Waals surface area contributed by atoms with Crippen LogP contribution < -0.4 is 5.32 Å². The van der Waals surface area contributed by atoms with Gasteiger partial charge in [-0.15, -0.1) is 0 Å². The van der Waals surface area contributed by atoms with Crippen LogP contribution in [0.15, 0.2) is 53.5 Å². The minimum atomic E-state index is -0.285. The number of H-pyrrole nitrogens is 1. The van der Waals surface area contributed by atoms with E-state index in [1.165, 1.54) is 6.20 Å². The molecule has 3 aromatic heterocycles. The highest BCUT2D eigenvalue weighted by Crippen LogP contribution is 2.28. The molecule has 2 N–H and O–H groups in total. The molecule has 0 saturated carbocycles. The van der Waals surface area contributed by atoms with Crippen LogP contribution in [-0.2, 0) is 0 Å². The molecule has 26 heavy (non-hydrogen) atoms. The van der Waals surface area contributed by atoms with Gasteiger partial charge in [-0.2, -0.15) is 10.4 Å². The average molecular weight is 343 g/mol. The Morgan fingerprint density at radius 3 is 2.92 bits per heavy atom. The lowest BCUT2D eigenvalue weighted by Crippen LogP contribution is -2.14. The molecule has 0 atom stereocenters. The highest BCUT2D eigenvalue weighted by atomic mass is 16.3.